The van der Waals surface area contributed by atoms with Gasteiger partial charge in [0.25, 0.3) is 0 Å². The number of pyridine rings is 1. The molecular weight excluding hydrogens is 170 g/mol. The Bertz CT molecular complexity index is 284. The van der Waals surface area contributed by atoms with Gasteiger partial charge in [0.05, 0.1) is 6.20 Å². The van der Waals surface area contributed by atoms with Crippen LogP contribution in [0.1, 0.15) is 51.7 Å². The Labute approximate surface area is 87.6 Å². The number of hydrogen-bond donors (Lipinski definition) is 0. The van der Waals surface area contributed by atoms with E-state index in [9.17, 15) is 0 Å². The fourth-order valence-corrected chi connectivity index (χ4v) is 1.61. The molecule has 1 rings (SSSR count). The number of rotatable bonds is 3. The van der Waals surface area contributed by atoms with E-state index in [1.807, 2.05) is 6.20 Å². The number of hydrogen-bond acceptors (Lipinski definition) is 1. The predicted octanol–water partition coefficient (Wildman–Crippen LogP) is 3.52. The van der Waals surface area contributed by atoms with E-state index < -0.39 is 0 Å². The highest BCUT2D eigenvalue weighted by Crippen LogP contribution is 2.25. The van der Waals surface area contributed by atoms with E-state index in [0.29, 0.717) is 0 Å². The van der Waals surface area contributed by atoms with Gasteiger partial charge < -0.3 is 0 Å². The van der Waals surface area contributed by atoms with E-state index in [4.69, 9.17) is 0 Å². The lowest BCUT2D eigenvalue weighted by molar-refractivity contribution is 0.575. The standard InChI is InChI=1S/C13H20N/c1-5-6-7-11-8-9-14-10-12(11)13(2,3)4/h8-9H,5-7H2,1-4H3. The zero-order valence-corrected chi connectivity index (χ0v) is 9.72. The molecule has 0 aliphatic carbocycles. The van der Waals surface area contributed by atoms with Crippen LogP contribution in [0.25, 0.3) is 0 Å². The molecule has 1 radical (unpaired) electrons. The van der Waals surface area contributed by atoms with Gasteiger partial charge in [-0.25, -0.2) is 0 Å². The third-order valence-corrected chi connectivity index (χ3v) is 2.40. The summed E-state index contributed by atoms with van der Waals surface area (Å²) in [5.74, 6) is 0. The van der Waals surface area contributed by atoms with E-state index in [1.54, 1.807) is 0 Å². The normalized spacial score (nSPS) is 11.7. The van der Waals surface area contributed by atoms with Crippen molar-refractivity contribution < 1.29 is 0 Å². The molecule has 14 heavy (non-hydrogen) atoms. The van der Waals surface area contributed by atoms with Crippen LogP contribution in [0.5, 0.6) is 0 Å². The van der Waals surface area contributed by atoms with Crippen LogP contribution in [-0.4, -0.2) is 4.98 Å². The third kappa shape index (κ3) is 2.83. The first-order chi connectivity index (χ1) is 6.55. The van der Waals surface area contributed by atoms with Crippen LogP contribution >= 0.6 is 0 Å². The summed E-state index contributed by atoms with van der Waals surface area (Å²) in [7, 11) is 0. The molecule has 0 N–H and O–H groups in total. The van der Waals surface area contributed by atoms with Gasteiger partial charge in [0.1, 0.15) is 0 Å². The molecule has 0 saturated carbocycles. The molecule has 0 fully saturated rings. The Morgan fingerprint density at radius 3 is 2.64 bits per heavy atom. The largest absolute Gasteiger partial charge is 0.254 e. The van der Waals surface area contributed by atoms with Crippen LogP contribution in [0.2, 0.25) is 0 Å². The van der Waals surface area contributed by atoms with E-state index in [0.717, 1.165) is 6.42 Å². The van der Waals surface area contributed by atoms with Gasteiger partial charge in [-0.2, -0.15) is 0 Å². The molecule has 1 nitrogen and oxygen atoms in total. The average Bonchev–Trinajstić information content (AvgIpc) is 2.14. The Balaban J connectivity index is 2.92. The predicted molar refractivity (Wildman–Crippen MR) is 60.4 cm³/mol. The van der Waals surface area contributed by atoms with Gasteiger partial charge in [0.2, 0.25) is 0 Å². The van der Waals surface area contributed by atoms with Crippen molar-refractivity contribution in [1.29, 1.82) is 0 Å². The van der Waals surface area contributed by atoms with E-state index in [2.05, 4.69) is 44.9 Å². The number of aryl methyl sites for hydroxylation is 1. The zero-order chi connectivity index (χ0) is 10.6. The monoisotopic (exact) mass is 190 g/mol. The van der Waals surface area contributed by atoms with Crippen LogP contribution < -0.4 is 0 Å². The van der Waals surface area contributed by atoms with Crippen molar-refractivity contribution in [2.45, 2.75) is 52.4 Å². The van der Waals surface area contributed by atoms with Crippen molar-refractivity contribution >= 4 is 0 Å². The maximum Gasteiger partial charge on any atom is 0.0929 e. The Morgan fingerprint density at radius 2 is 2.07 bits per heavy atom. The van der Waals surface area contributed by atoms with Crippen molar-refractivity contribution in [2.24, 2.45) is 0 Å². The quantitative estimate of drug-likeness (QED) is 0.710. The summed E-state index contributed by atoms with van der Waals surface area (Å²) in [5, 5.41) is 0. The smallest absolute Gasteiger partial charge is 0.0929 e. The number of aromatic nitrogens is 1. The lowest BCUT2D eigenvalue weighted by Crippen LogP contribution is -2.15. The van der Waals surface area contributed by atoms with Crippen LogP contribution in [0, 0.1) is 6.20 Å². The maximum atomic E-state index is 4.09. The molecule has 1 heterocycles. The second-order valence-corrected chi connectivity index (χ2v) is 4.81. The molecule has 0 unspecified atom stereocenters. The van der Waals surface area contributed by atoms with Gasteiger partial charge >= 0.3 is 0 Å². The third-order valence-electron chi connectivity index (χ3n) is 2.40. The SMILES string of the molecule is CCCCc1ccn[c]c1C(C)(C)C. The van der Waals surface area contributed by atoms with Crippen LogP contribution in [0.15, 0.2) is 12.3 Å². The van der Waals surface area contributed by atoms with Gasteiger partial charge in [-0.05, 0) is 35.4 Å². The molecule has 0 aliphatic rings. The molecule has 1 aromatic rings. The van der Waals surface area contributed by atoms with E-state index >= 15 is 0 Å². The average molecular weight is 190 g/mol. The minimum Gasteiger partial charge on any atom is -0.254 e. The Kier molecular flexibility index (Phi) is 3.68. The van der Waals surface area contributed by atoms with Crippen LogP contribution in [0.3, 0.4) is 0 Å². The highest BCUT2D eigenvalue weighted by atomic mass is 14.6. The van der Waals surface area contributed by atoms with E-state index in [-0.39, 0.29) is 5.41 Å². The molecule has 0 aromatic carbocycles. The lowest BCUT2D eigenvalue weighted by atomic mass is 9.84. The molecule has 0 saturated heterocycles. The van der Waals surface area contributed by atoms with Crippen molar-refractivity contribution in [3.63, 3.8) is 0 Å². The first-order valence-electron chi connectivity index (χ1n) is 5.41. The summed E-state index contributed by atoms with van der Waals surface area (Å²) < 4.78 is 0. The molecule has 0 aliphatic heterocycles. The minimum atomic E-state index is 0.164. The second kappa shape index (κ2) is 4.59. The fraction of sp³-hybridized carbons (Fsp3) is 0.615. The minimum absolute atomic E-state index is 0.164. The molecule has 0 amide bonds. The molecule has 0 spiro atoms. The van der Waals surface area contributed by atoms with Crippen molar-refractivity contribution in [3.8, 4) is 0 Å². The topological polar surface area (TPSA) is 12.9 Å². The van der Waals surface area contributed by atoms with Crippen molar-refractivity contribution in [1.82, 2.24) is 4.98 Å². The number of nitrogens with zero attached hydrogens (tertiary/aromatic N) is 1. The zero-order valence-electron chi connectivity index (χ0n) is 9.72. The molecular formula is C13H20N. The molecule has 0 bridgehead atoms. The maximum absolute atomic E-state index is 4.09. The van der Waals surface area contributed by atoms with Crippen molar-refractivity contribution in [2.75, 3.05) is 0 Å². The summed E-state index contributed by atoms with van der Waals surface area (Å²) in [6.45, 7) is 8.88. The summed E-state index contributed by atoms with van der Waals surface area (Å²) in [6.07, 6.45) is 8.63. The molecule has 77 valence electrons. The first-order valence-corrected chi connectivity index (χ1v) is 5.41. The molecule has 0 atom stereocenters. The fourth-order valence-electron chi connectivity index (χ4n) is 1.61. The van der Waals surface area contributed by atoms with Crippen LogP contribution in [0.4, 0.5) is 0 Å². The molecule has 1 aromatic heterocycles. The summed E-state index contributed by atoms with van der Waals surface area (Å²) in [5.41, 5.74) is 2.85. The summed E-state index contributed by atoms with van der Waals surface area (Å²) in [4.78, 5) is 4.09. The van der Waals surface area contributed by atoms with Gasteiger partial charge in [0, 0.05) is 6.20 Å². The summed E-state index contributed by atoms with van der Waals surface area (Å²) >= 11 is 0. The Morgan fingerprint density at radius 1 is 1.36 bits per heavy atom. The highest BCUT2D eigenvalue weighted by Gasteiger charge is 2.17. The van der Waals surface area contributed by atoms with Crippen LogP contribution in [-0.2, 0) is 11.8 Å². The van der Waals surface area contributed by atoms with Crippen molar-refractivity contribution in [3.05, 3.63) is 29.6 Å². The van der Waals surface area contributed by atoms with Gasteiger partial charge in [-0.1, -0.05) is 34.1 Å². The van der Waals surface area contributed by atoms with Gasteiger partial charge in [-0.3, -0.25) is 4.98 Å². The van der Waals surface area contributed by atoms with Gasteiger partial charge in [-0.15, -0.1) is 0 Å². The first kappa shape index (κ1) is 11.2. The lowest BCUT2D eigenvalue weighted by Gasteiger charge is -2.21. The molecule has 1 heteroatoms. The highest BCUT2D eigenvalue weighted by molar-refractivity contribution is 5.28. The van der Waals surface area contributed by atoms with Gasteiger partial charge in [0.15, 0.2) is 0 Å². The summed E-state index contributed by atoms with van der Waals surface area (Å²) in [6, 6.07) is 2.13. The second-order valence-electron chi connectivity index (χ2n) is 4.81. The Hall–Kier alpha value is -0.850. The van der Waals surface area contributed by atoms with E-state index in [1.165, 1.54) is 24.0 Å². The number of unbranched alkanes of at least 4 members (excludes halogenated alkanes) is 1.